The van der Waals surface area contributed by atoms with Crippen molar-refractivity contribution in [3.05, 3.63) is 41.2 Å². The molecule has 1 aliphatic rings. The minimum Gasteiger partial charge on any atom is -0.480 e. The molecule has 0 spiro atoms. The second kappa shape index (κ2) is 6.43. The highest BCUT2D eigenvalue weighted by atomic mass is 16.4. The highest BCUT2D eigenvalue weighted by Gasteiger charge is 2.34. The van der Waals surface area contributed by atoms with Crippen molar-refractivity contribution in [3.8, 4) is 5.69 Å². The molecule has 0 saturated carbocycles. The maximum atomic E-state index is 12.8. The summed E-state index contributed by atoms with van der Waals surface area (Å²) in [6.07, 6.45) is 2.10. The van der Waals surface area contributed by atoms with Gasteiger partial charge in [-0.25, -0.2) is 9.48 Å². The first-order valence-corrected chi connectivity index (χ1v) is 8.02. The Bertz CT molecular complexity index is 784. The third-order valence-corrected chi connectivity index (χ3v) is 4.39. The third-order valence-electron chi connectivity index (χ3n) is 4.39. The van der Waals surface area contributed by atoms with Crippen LogP contribution in [0, 0.1) is 13.8 Å². The van der Waals surface area contributed by atoms with Crippen LogP contribution in [0.1, 0.15) is 41.0 Å². The monoisotopic (exact) mass is 328 g/mol. The number of nitrogens with zero attached hydrogens (tertiary/aromatic N) is 4. The van der Waals surface area contributed by atoms with E-state index in [1.807, 2.05) is 31.2 Å². The van der Waals surface area contributed by atoms with Gasteiger partial charge >= 0.3 is 5.97 Å². The molecule has 1 aromatic heterocycles. The molecule has 0 radical (unpaired) electrons. The van der Waals surface area contributed by atoms with E-state index in [1.54, 1.807) is 11.6 Å². The Kier molecular flexibility index (Phi) is 4.33. The van der Waals surface area contributed by atoms with Crippen LogP contribution in [0.15, 0.2) is 24.3 Å². The van der Waals surface area contributed by atoms with Crippen LogP contribution in [0.2, 0.25) is 0 Å². The zero-order chi connectivity index (χ0) is 17.3. The fourth-order valence-corrected chi connectivity index (χ4v) is 3.10. The standard InChI is InChI=1S/C17H20N4O3/c1-11-6-5-7-13(10-11)21-12(2)15(18-19-21)16(22)20-9-4-3-8-14(20)17(23)24/h5-7,10,14H,3-4,8-9H2,1-2H3,(H,23,24). The van der Waals surface area contributed by atoms with Crippen LogP contribution in [-0.4, -0.2) is 49.5 Å². The molecule has 0 aliphatic carbocycles. The van der Waals surface area contributed by atoms with E-state index in [0.29, 0.717) is 18.7 Å². The first-order valence-electron chi connectivity index (χ1n) is 8.02. The number of benzene rings is 1. The number of carboxylic acid groups (broad SMARTS) is 1. The van der Waals surface area contributed by atoms with Crippen LogP contribution in [-0.2, 0) is 4.79 Å². The summed E-state index contributed by atoms with van der Waals surface area (Å²) in [4.78, 5) is 25.6. The van der Waals surface area contributed by atoms with Crippen molar-refractivity contribution in [3.63, 3.8) is 0 Å². The fourth-order valence-electron chi connectivity index (χ4n) is 3.10. The number of aliphatic carboxylic acids is 1. The number of hydrogen-bond donors (Lipinski definition) is 1. The van der Waals surface area contributed by atoms with Crippen molar-refractivity contribution < 1.29 is 14.7 Å². The second-order valence-electron chi connectivity index (χ2n) is 6.12. The summed E-state index contributed by atoms with van der Waals surface area (Å²) in [7, 11) is 0. The van der Waals surface area contributed by atoms with E-state index >= 15 is 0 Å². The normalized spacial score (nSPS) is 17.8. The second-order valence-corrected chi connectivity index (χ2v) is 6.12. The first kappa shape index (κ1) is 16.2. The molecule has 126 valence electrons. The maximum absolute atomic E-state index is 12.8. The van der Waals surface area contributed by atoms with Gasteiger partial charge in [-0.2, -0.15) is 0 Å². The molecule has 24 heavy (non-hydrogen) atoms. The Balaban J connectivity index is 1.92. The number of amides is 1. The van der Waals surface area contributed by atoms with Crippen molar-refractivity contribution in [2.75, 3.05) is 6.54 Å². The molecule has 2 aromatic rings. The van der Waals surface area contributed by atoms with Gasteiger partial charge in [0.15, 0.2) is 5.69 Å². The van der Waals surface area contributed by atoms with E-state index in [0.717, 1.165) is 24.1 Å². The molecule has 2 heterocycles. The van der Waals surface area contributed by atoms with Gasteiger partial charge < -0.3 is 10.0 Å². The molecule has 0 bridgehead atoms. The highest BCUT2D eigenvalue weighted by Crippen LogP contribution is 2.21. The van der Waals surface area contributed by atoms with E-state index in [1.165, 1.54) is 4.90 Å². The van der Waals surface area contributed by atoms with Crippen molar-refractivity contribution in [1.82, 2.24) is 19.9 Å². The summed E-state index contributed by atoms with van der Waals surface area (Å²) < 4.78 is 1.61. The van der Waals surface area contributed by atoms with E-state index in [4.69, 9.17) is 0 Å². The van der Waals surface area contributed by atoms with Gasteiger partial charge in [0.05, 0.1) is 11.4 Å². The molecule has 1 N–H and O–H groups in total. The molecule has 7 nitrogen and oxygen atoms in total. The van der Waals surface area contributed by atoms with Crippen molar-refractivity contribution in [1.29, 1.82) is 0 Å². The highest BCUT2D eigenvalue weighted by molar-refractivity contribution is 5.96. The Hall–Kier alpha value is -2.70. The van der Waals surface area contributed by atoms with Crippen molar-refractivity contribution in [2.24, 2.45) is 0 Å². The van der Waals surface area contributed by atoms with Gasteiger partial charge in [0.2, 0.25) is 0 Å². The number of likely N-dealkylation sites (tertiary alicyclic amines) is 1. The van der Waals surface area contributed by atoms with Crippen LogP contribution in [0.25, 0.3) is 5.69 Å². The minimum atomic E-state index is -0.966. The number of rotatable bonds is 3. The van der Waals surface area contributed by atoms with Gasteiger partial charge in [-0.3, -0.25) is 4.79 Å². The van der Waals surface area contributed by atoms with Crippen LogP contribution < -0.4 is 0 Å². The van der Waals surface area contributed by atoms with E-state index in [-0.39, 0.29) is 11.6 Å². The maximum Gasteiger partial charge on any atom is 0.326 e. The Morgan fingerprint density at radius 2 is 2.04 bits per heavy atom. The summed E-state index contributed by atoms with van der Waals surface area (Å²) in [5.74, 6) is -1.33. The number of aryl methyl sites for hydroxylation is 1. The number of carbonyl (C=O) groups excluding carboxylic acids is 1. The third kappa shape index (κ3) is 2.89. The Labute approximate surface area is 139 Å². The number of aromatic nitrogens is 3. The predicted octanol–water partition coefficient (Wildman–Crippen LogP) is 1.96. The number of piperidine rings is 1. The molecular weight excluding hydrogens is 308 g/mol. The lowest BCUT2D eigenvalue weighted by molar-refractivity contribution is -0.143. The molecule has 1 amide bonds. The number of carbonyl (C=O) groups is 2. The van der Waals surface area contributed by atoms with Gasteiger partial charge in [0.1, 0.15) is 6.04 Å². The van der Waals surface area contributed by atoms with E-state index in [9.17, 15) is 14.7 Å². The lowest BCUT2D eigenvalue weighted by atomic mass is 10.0. The summed E-state index contributed by atoms with van der Waals surface area (Å²) in [6.45, 7) is 4.19. The minimum absolute atomic E-state index is 0.213. The van der Waals surface area contributed by atoms with Crippen molar-refractivity contribution in [2.45, 2.75) is 39.2 Å². The topological polar surface area (TPSA) is 88.3 Å². The number of carboxylic acids is 1. The molecule has 1 saturated heterocycles. The molecule has 1 fully saturated rings. The van der Waals surface area contributed by atoms with Crippen molar-refractivity contribution >= 4 is 11.9 Å². The molecule has 1 aromatic carbocycles. The summed E-state index contributed by atoms with van der Waals surface area (Å²) >= 11 is 0. The van der Waals surface area contributed by atoms with Gasteiger partial charge in [-0.05, 0) is 50.8 Å². The SMILES string of the molecule is Cc1cccc(-n2nnc(C(=O)N3CCCCC3C(=O)O)c2C)c1. The van der Waals surface area contributed by atoms with E-state index in [2.05, 4.69) is 10.3 Å². The predicted molar refractivity (Wildman–Crippen MR) is 87.1 cm³/mol. The number of hydrogen-bond acceptors (Lipinski definition) is 4. The van der Waals surface area contributed by atoms with Crippen LogP contribution in [0.3, 0.4) is 0 Å². The molecule has 1 unspecified atom stereocenters. The average molecular weight is 328 g/mol. The molecule has 1 atom stereocenters. The smallest absolute Gasteiger partial charge is 0.326 e. The quantitative estimate of drug-likeness (QED) is 0.930. The largest absolute Gasteiger partial charge is 0.480 e. The fraction of sp³-hybridized carbons (Fsp3) is 0.412. The molecule has 7 heteroatoms. The van der Waals surface area contributed by atoms with Crippen LogP contribution in [0.4, 0.5) is 0 Å². The summed E-state index contributed by atoms with van der Waals surface area (Å²) in [5, 5.41) is 17.5. The van der Waals surface area contributed by atoms with Crippen LogP contribution in [0.5, 0.6) is 0 Å². The lowest BCUT2D eigenvalue weighted by Crippen LogP contribution is -2.48. The first-order chi connectivity index (χ1) is 11.5. The van der Waals surface area contributed by atoms with Crippen LogP contribution >= 0.6 is 0 Å². The zero-order valence-electron chi connectivity index (χ0n) is 13.8. The molecule has 3 rings (SSSR count). The molecule has 1 aliphatic heterocycles. The summed E-state index contributed by atoms with van der Waals surface area (Å²) in [6, 6.07) is 6.96. The van der Waals surface area contributed by atoms with E-state index < -0.39 is 12.0 Å². The summed E-state index contributed by atoms with van der Waals surface area (Å²) in [5.41, 5.74) is 2.73. The van der Waals surface area contributed by atoms with Gasteiger partial charge in [0.25, 0.3) is 5.91 Å². The van der Waals surface area contributed by atoms with Gasteiger partial charge in [-0.15, -0.1) is 5.10 Å². The lowest BCUT2D eigenvalue weighted by Gasteiger charge is -2.32. The Morgan fingerprint density at radius 1 is 1.25 bits per heavy atom. The van der Waals surface area contributed by atoms with Gasteiger partial charge in [0, 0.05) is 6.54 Å². The Morgan fingerprint density at radius 3 is 2.75 bits per heavy atom. The van der Waals surface area contributed by atoms with Gasteiger partial charge in [-0.1, -0.05) is 17.3 Å². The molecular formula is C17H20N4O3. The zero-order valence-corrected chi connectivity index (χ0v) is 13.8. The average Bonchev–Trinajstić information content (AvgIpc) is 2.95.